The molecule has 1 saturated heterocycles. The van der Waals surface area contributed by atoms with Gasteiger partial charge in [-0.25, -0.2) is 15.0 Å². The van der Waals surface area contributed by atoms with E-state index in [1.54, 1.807) is 36.7 Å². The van der Waals surface area contributed by atoms with Crippen LogP contribution in [0.15, 0.2) is 61.1 Å². The van der Waals surface area contributed by atoms with Crippen molar-refractivity contribution in [3.63, 3.8) is 0 Å². The highest BCUT2D eigenvalue weighted by Gasteiger charge is 2.32. The molecule has 4 aromatic rings. The first kappa shape index (κ1) is 23.5. The number of carbonyl (C=O) groups is 2. The summed E-state index contributed by atoms with van der Waals surface area (Å²) in [5, 5.41) is 2.79. The van der Waals surface area contributed by atoms with Crippen LogP contribution in [0.25, 0.3) is 16.8 Å². The van der Waals surface area contributed by atoms with Crippen molar-refractivity contribution in [2.24, 2.45) is 0 Å². The molecule has 1 fully saturated rings. The molecule has 36 heavy (non-hydrogen) atoms. The number of piperidine rings is 1. The predicted molar refractivity (Wildman–Crippen MR) is 138 cm³/mol. The second kappa shape index (κ2) is 9.77. The minimum Gasteiger partial charge on any atom is -0.382 e. The first-order valence-corrected chi connectivity index (χ1v) is 12.2. The van der Waals surface area contributed by atoms with Crippen LogP contribution < -0.4 is 11.1 Å². The van der Waals surface area contributed by atoms with E-state index >= 15 is 0 Å². The maximum Gasteiger partial charge on any atom is 0.256 e. The van der Waals surface area contributed by atoms with E-state index in [1.165, 1.54) is 0 Å². The minimum absolute atomic E-state index is 0.0863. The van der Waals surface area contributed by atoms with Gasteiger partial charge < -0.3 is 16.0 Å². The molecule has 0 spiro atoms. The maximum absolute atomic E-state index is 12.6. The Morgan fingerprint density at radius 1 is 1.08 bits per heavy atom. The molecule has 2 unspecified atom stereocenters. The Hall–Kier alpha value is -4.27. The van der Waals surface area contributed by atoms with Crippen molar-refractivity contribution in [3.8, 4) is 11.3 Å². The van der Waals surface area contributed by atoms with E-state index in [2.05, 4.69) is 22.2 Å². The highest BCUT2D eigenvalue weighted by Crippen LogP contribution is 2.35. The highest BCUT2D eigenvalue weighted by atomic mass is 16.2. The zero-order valence-electron chi connectivity index (χ0n) is 20.4. The van der Waals surface area contributed by atoms with E-state index < -0.39 is 0 Å². The number of nitrogens with two attached hydrogens (primary N) is 1. The van der Waals surface area contributed by atoms with Crippen LogP contribution in [0.3, 0.4) is 0 Å². The summed E-state index contributed by atoms with van der Waals surface area (Å²) in [6, 6.07) is 12.8. The first-order chi connectivity index (χ1) is 17.5. The normalized spacial score (nSPS) is 17.8. The lowest BCUT2D eigenvalue weighted by atomic mass is 9.92. The third kappa shape index (κ3) is 4.39. The number of likely N-dealkylation sites (tertiary alicyclic amines) is 1. The van der Waals surface area contributed by atoms with Crippen molar-refractivity contribution in [2.45, 2.75) is 45.1 Å². The topological polar surface area (TPSA) is 119 Å². The second-order valence-corrected chi connectivity index (χ2v) is 9.12. The van der Waals surface area contributed by atoms with Gasteiger partial charge in [-0.3, -0.25) is 14.0 Å². The van der Waals surface area contributed by atoms with E-state index in [0.29, 0.717) is 35.9 Å². The number of hydrogen-bond donors (Lipinski definition) is 2. The number of benzene rings is 1. The van der Waals surface area contributed by atoms with Crippen molar-refractivity contribution in [2.75, 3.05) is 17.6 Å². The number of amides is 2. The summed E-state index contributed by atoms with van der Waals surface area (Å²) in [4.78, 5) is 40.6. The molecule has 0 saturated carbocycles. The standard InChI is InChI=1S/C27H29N7O2/c1-3-22(35)34-16-20(8-7-17(34)2)26-32-23(24-25(28)30-14-15-33(24)26)18-9-11-19(12-10-18)27(36)31-21-6-4-5-13-29-21/h4-6,9-15,17,20H,3,7-8,16H2,1-2H3,(H2,28,30)(H,29,31,36). The summed E-state index contributed by atoms with van der Waals surface area (Å²) in [5.74, 6) is 1.75. The lowest BCUT2D eigenvalue weighted by Crippen LogP contribution is -2.44. The fourth-order valence-electron chi connectivity index (χ4n) is 4.85. The van der Waals surface area contributed by atoms with Crippen LogP contribution in [0.4, 0.5) is 11.6 Å². The number of anilines is 2. The monoisotopic (exact) mass is 483 g/mol. The average Bonchev–Trinajstić information content (AvgIpc) is 3.30. The fourth-order valence-corrected chi connectivity index (χ4v) is 4.85. The first-order valence-electron chi connectivity index (χ1n) is 12.2. The number of nitrogen functional groups attached to an aromatic ring is 1. The molecule has 184 valence electrons. The molecule has 0 radical (unpaired) electrons. The number of hydrogen-bond acceptors (Lipinski definition) is 6. The van der Waals surface area contributed by atoms with Crippen LogP contribution in [-0.2, 0) is 4.79 Å². The van der Waals surface area contributed by atoms with Crippen molar-refractivity contribution in [1.82, 2.24) is 24.3 Å². The van der Waals surface area contributed by atoms with Crippen LogP contribution in [-0.4, -0.2) is 48.7 Å². The third-order valence-corrected chi connectivity index (χ3v) is 6.81. The van der Waals surface area contributed by atoms with Gasteiger partial charge in [0.15, 0.2) is 0 Å². The van der Waals surface area contributed by atoms with E-state index in [0.717, 1.165) is 29.7 Å². The van der Waals surface area contributed by atoms with Crippen molar-refractivity contribution in [1.29, 1.82) is 0 Å². The van der Waals surface area contributed by atoms with Crippen molar-refractivity contribution < 1.29 is 9.59 Å². The zero-order chi connectivity index (χ0) is 25.2. The molecule has 1 aromatic carbocycles. The summed E-state index contributed by atoms with van der Waals surface area (Å²) >= 11 is 0. The SMILES string of the molecule is CCC(=O)N1CC(c2nc(-c3ccc(C(=O)Nc4ccccn4)cc3)c3c(N)nccn23)CCC1C. The number of imidazole rings is 1. The Labute approximate surface area is 209 Å². The van der Waals surface area contributed by atoms with Crippen LogP contribution >= 0.6 is 0 Å². The summed E-state index contributed by atoms with van der Waals surface area (Å²) in [7, 11) is 0. The fraction of sp³-hybridized carbons (Fsp3) is 0.296. The Morgan fingerprint density at radius 2 is 1.89 bits per heavy atom. The van der Waals surface area contributed by atoms with Gasteiger partial charge in [-0.15, -0.1) is 0 Å². The van der Waals surface area contributed by atoms with Crippen LogP contribution in [0, 0.1) is 0 Å². The largest absolute Gasteiger partial charge is 0.382 e. The molecule has 9 nitrogen and oxygen atoms in total. The molecule has 0 aliphatic carbocycles. The summed E-state index contributed by atoms with van der Waals surface area (Å²) in [5.41, 5.74) is 9.09. The molecule has 2 atom stereocenters. The average molecular weight is 484 g/mol. The third-order valence-electron chi connectivity index (χ3n) is 6.81. The molecule has 3 aromatic heterocycles. The number of carbonyl (C=O) groups excluding carboxylic acids is 2. The van der Waals surface area contributed by atoms with Gasteiger partial charge >= 0.3 is 0 Å². The number of fused-ring (bicyclic) bond motifs is 1. The van der Waals surface area contributed by atoms with Crippen LogP contribution in [0.1, 0.15) is 55.2 Å². The van der Waals surface area contributed by atoms with Gasteiger partial charge in [0, 0.05) is 54.6 Å². The molecular formula is C27H29N7O2. The maximum atomic E-state index is 12.6. The highest BCUT2D eigenvalue weighted by molar-refractivity contribution is 6.04. The molecule has 9 heteroatoms. The molecule has 0 bridgehead atoms. The lowest BCUT2D eigenvalue weighted by molar-refractivity contribution is -0.134. The molecule has 5 rings (SSSR count). The zero-order valence-corrected chi connectivity index (χ0v) is 20.4. The second-order valence-electron chi connectivity index (χ2n) is 9.12. The van der Waals surface area contributed by atoms with E-state index in [4.69, 9.17) is 10.7 Å². The molecule has 1 aliphatic rings. The molecule has 3 N–H and O–H groups in total. The van der Waals surface area contributed by atoms with Crippen LogP contribution in [0.5, 0.6) is 0 Å². The Kier molecular flexibility index (Phi) is 6.37. The van der Waals surface area contributed by atoms with E-state index in [1.807, 2.05) is 40.6 Å². The minimum atomic E-state index is -0.242. The van der Waals surface area contributed by atoms with Crippen molar-refractivity contribution >= 4 is 29.0 Å². The van der Waals surface area contributed by atoms with Gasteiger partial charge in [0.05, 0.1) is 0 Å². The number of rotatable bonds is 5. The Morgan fingerprint density at radius 3 is 2.61 bits per heavy atom. The Balaban J connectivity index is 1.47. The number of nitrogens with one attached hydrogen (secondary N) is 1. The summed E-state index contributed by atoms with van der Waals surface area (Å²) in [6.07, 6.45) is 7.51. The van der Waals surface area contributed by atoms with Gasteiger partial charge in [0.2, 0.25) is 5.91 Å². The number of pyridine rings is 1. The quantitative estimate of drug-likeness (QED) is 0.441. The molecule has 1 aliphatic heterocycles. The molecule has 4 heterocycles. The van der Waals surface area contributed by atoms with E-state index in [-0.39, 0.29) is 23.8 Å². The van der Waals surface area contributed by atoms with Crippen LogP contribution in [0.2, 0.25) is 0 Å². The summed E-state index contributed by atoms with van der Waals surface area (Å²) < 4.78 is 1.99. The van der Waals surface area contributed by atoms with Gasteiger partial charge in [-0.1, -0.05) is 25.1 Å². The number of aromatic nitrogens is 4. The smallest absolute Gasteiger partial charge is 0.256 e. The lowest BCUT2D eigenvalue weighted by Gasteiger charge is -2.37. The summed E-state index contributed by atoms with van der Waals surface area (Å²) in [6.45, 7) is 4.63. The van der Waals surface area contributed by atoms with Gasteiger partial charge in [-0.2, -0.15) is 0 Å². The molecular weight excluding hydrogens is 454 g/mol. The Bertz CT molecular complexity index is 1400. The van der Waals surface area contributed by atoms with E-state index in [9.17, 15) is 9.59 Å². The molecule has 2 amide bonds. The predicted octanol–water partition coefficient (Wildman–Crippen LogP) is 4.13. The number of nitrogens with zero attached hydrogens (tertiary/aromatic N) is 5. The van der Waals surface area contributed by atoms with Gasteiger partial charge in [0.1, 0.15) is 28.7 Å². The van der Waals surface area contributed by atoms with Gasteiger partial charge in [-0.05, 0) is 44.0 Å². The van der Waals surface area contributed by atoms with Gasteiger partial charge in [0.25, 0.3) is 5.91 Å². The van der Waals surface area contributed by atoms with Crippen molar-refractivity contribution in [3.05, 3.63) is 72.4 Å².